The highest BCUT2D eigenvalue weighted by Gasteiger charge is 2.35. The molecule has 2 nitrogen and oxygen atoms in total. The van der Waals surface area contributed by atoms with Crippen LogP contribution in [0.2, 0.25) is 0 Å². The van der Waals surface area contributed by atoms with Crippen molar-refractivity contribution < 1.29 is 9.47 Å². The molecule has 20 heavy (non-hydrogen) atoms. The van der Waals surface area contributed by atoms with Gasteiger partial charge < -0.3 is 9.47 Å². The number of ether oxygens (including phenoxy) is 2. The van der Waals surface area contributed by atoms with E-state index in [0.717, 1.165) is 17.9 Å². The maximum atomic E-state index is 6.15. The first kappa shape index (κ1) is 10.3. The zero-order valence-electron chi connectivity index (χ0n) is 10.8. The molecule has 1 atom stereocenters. The zero-order valence-corrected chi connectivity index (χ0v) is 10.8. The summed E-state index contributed by atoms with van der Waals surface area (Å²) in [6.45, 7) is 0. The summed E-state index contributed by atoms with van der Waals surface area (Å²) >= 11 is 0. The summed E-state index contributed by atoms with van der Waals surface area (Å²) < 4.78 is 11.9. The lowest BCUT2D eigenvalue weighted by Crippen LogP contribution is -2.14. The van der Waals surface area contributed by atoms with Crippen LogP contribution >= 0.6 is 0 Å². The van der Waals surface area contributed by atoms with E-state index in [-0.39, 0.29) is 6.10 Å². The van der Waals surface area contributed by atoms with Crippen molar-refractivity contribution in [2.24, 2.45) is 0 Å². The van der Waals surface area contributed by atoms with Gasteiger partial charge in [0.1, 0.15) is 17.6 Å². The summed E-state index contributed by atoms with van der Waals surface area (Å²) in [7, 11) is 0. The molecule has 0 bridgehead atoms. The van der Waals surface area contributed by atoms with E-state index in [1.807, 2.05) is 24.3 Å². The largest absolute Gasteiger partial charge is 0.481 e. The van der Waals surface area contributed by atoms with Crippen LogP contribution in [0.1, 0.15) is 22.8 Å². The lowest BCUT2D eigenvalue weighted by molar-refractivity contribution is 0.246. The molecule has 2 aromatic carbocycles. The van der Waals surface area contributed by atoms with E-state index in [2.05, 4.69) is 24.3 Å². The molecule has 2 aliphatic heterocycles. The molecule has 0 saturated heterocycles. The van der Waals surface area contributed by atoms with Crippen molar-refractivity contribution >= 4 is 0 Å². The van der Waals surface area contributed by atoms with Crippen LogP contribution in [0, 0.1) is 0 Å². The normalized spacial score (nSPS) is 22.9. The quantitative estimate of drug-likeness (QED) is 0.604. The molecule has 2 heteroatoms. The van der Waals surface area contributed by atoms with E-state index in [1.165, 1.54) is 27.8 Å². The molecular formula is C18H12O2. The highest BCUT2D eigenvalue weighted by Crippen LogP contribution is 2.53. The molecule has 1 aliphatic carbocycles. The van der Waals surface area contributed by atoms with Crippen molar-refractivity contribution in [2.75, 3.05) is 0 Å². The third-order valence-corrected chi connectivity index (χ3v) is 4.14. The average Bonchev–Trinajstić information content (AvgIpc) is 3.23. The van der Waals surface area contributed by atoms with E-state index >= 15 is 0 Å². The second-order valence-corrected chi connectivity index (χ2v) is 5.34. The minimum Gasteiger partial charge on any atom is -0.481 e. The predicted octanol–water partition coefficient (Wildman–Crippen LogP) is 4.15. The SMILES string of the molecule is C1=C\Oc2cc3c(c4c2C(\C=C/1)Oc1ccccc1-4)C3. The molecule has 0 fully saturated rings. The third-order valence-electron chi connectivity index (χ3n) is 4.14. The monoisotopic (exact) mass is 260 g/mol. The topological polar surface area (TPSA) is 18.5 Å². The fraction of sp³-hybridized carbons (Fsp3) is 0.111. The van der Waals surface area contributed by atoms with Crippen LogP contribution in [-0.4, -0.2) is 0 Å². The van der Waals surface area contributed by atoms with Gasteiger partial charge in [-0.1, -0.05) is 24.3 Å². The number of allylic oxidation sites excluding steroid dienone is 2. The molecule has 1 unspecified atom stereocenters. The van der Waals surface area contributed by atoms with Gasteiger partial charge in [0.2, 0.25) is 0 Å². The van der Waals surface area contributed by atoms with E-state index in [0.29, 0.717) is 0 Å². The Bertz CT molecular complexity index is 799. The number of benzene rings is 2. The van der Waals surface area contributed by atoms with E-state index < -0.39 is 0 Å². The number of rotatable bonds is 0. The van der Waals surface area contributed by atoms with E-state index in [1.54, 1.807) is 6.26 Å². The third kappa shape index (κ3) is 1.28. The van der Waals surface area contributed by atoms with Gasteiger partial charge in [0, 0.05) is 16.7 Å². The molecule has 96 valence electrons. The first-order chi connectivity index (χ1) is 9.92. The molecule has 0 spiro atoms. The van der Waals surface area contributed by atoms with Gasteiger partial charge >= 0.3 is 0 Å². The molecule has 3 aliphatic rings. The molecule has 2 aromatic rings. The summed E-state index contributed by atoms with van der Waals surface area (Å²) in [4.78, 5) is 0. The molecular weight excluding hydrogens is 248 g/mol. The Morgan fingerprint density at radius 2 is 2.00 bits per heavy atom. The van der Waals surface area contributed by atoms with Crippen LogP contribution in [0.15, 0.2) is 54.8 Å². The Balaban J connectivity index is 1.88. The summed E-state index contributed by atoms with van der Waals surface area (Å²) in [6, 6.07) is 10.4. The van der Waals surface area contributed by atoms with Crippen LogP contribution in [0.5, 0.6) is 11.5 Å². The van der Waals surface area contributed by atoms with Crippen molar-refractivity contribution in [1.82, 2.24) is 0 Å². The summed E-state index contributed by atoms with van der Waals surface area (Å²) in [5.41, 5.74) is 6.53. The van der Waals surface area contributed by atoms with Gasteiger partial charge in [-0.05, 0) is 41.8 Å². The summed E-state index contributed by atoms with van der Waals surface area (Å²) in [5.74, 6) is 1.89. The van der Waals surface area contributed by atoms with Gasteiger partial charge in [0.15, 0.2) is 0 Å². The van der Waals surface area contributed by atoms with Crippen molar-refractivity contribution in [2.45, 2.75) is 12.5 Å². The van der Waals surface area contributed by atoms with Crippen LogP contribution in [0.25, 0.3) is 11.1 Å². The van der Waals surface area contributed by atoms with Crippen LogP contribution < -0.4 is 9.47 Å². The molecule has 0 radical (unpaired) electrons. The highest BCUT2D eigenvalue weighted by atomic mass is 16.5. The Hall–Kier alpha value is -2.48. The van der Waals surface area contributed by atoms with Gasteiger partial charge in [-0.2, -0.15) is 0 Å². The first-order valence-electron chi connectivity index (χ1n) is 6.86. The maximum Gasteiger partial charge on any atom is 0.146 e. The van der Waals surface area contributed by atoms with Gasteiger partial charge in [0.05, 0.1) is 6.26 Å². The first-order valence-corrected chi connectivity index (χ1v) is 6.86. The Morgan fingerprint density at radius 1 is 1.05 bits per heavy atom. The standard InChI is InChI=1S/C18H12O2/c1-2-6-14-12(5-1)17-13-9-11(13)10-16-18(17)15(20-14)7-3-4-8-19-16/h1-8,10,15H,9H2/b7-3-,8-4-. The molecule has 2 heterocycles. The summed E-state index contributed by atoms with van der Waals surface area (Å²) in [6.07, 6.45) is 8.71. The maximum absolute atomic E-state index is 6.15. The second kappa shape index (κ2) is 3.54. The Labute approximate surface area is 117 Å². The van der Waals surface area contributed by atoms with Crippen molar-refractivity contribution in [3.8, 4) is 22.6 Å². The van der Waals surface area contributed by atoms with Crippen molar-refractivity contribution in [3.05, 3.63) is 71.5 Å². The van der Waals surface area contributed by atoms with Gasteiger partial charge in [0.25, 0.3) is 0 Å². The minimum atomic E-state index is -0.0641. The van der Waals surface area contributed by atoms with Crippen molar-refractivity contribution in [3.63, 3.8) is 0 Å². The predicted molar refractivity (Wildman–Crippen MR) is 77.0 cm³/mol. The average molecular weight is 260 g/mol. The Morgan fingerprint density at radius 3 is 3.00 bits per heavy atom. The minimum absolute atomic E-state index is 0.0641. The number of fused-ring (bicyclic) bond motifs is 4. The lowest BCUT2D eigenvalue weighted by Gasteiger charge is -2.28. The fourth-order valence-electron chi connectivity index (χ4n) is 3.17. The molecule has 0 amide bonds. The number of hydrogen-bond acceptors (Lipinski definition) is 2. The summed E-state index contributed by atoms with van der Waals surface area (Å²) in [5, 5.41) is 0. The lowest BCUT2D eigenvalue weighted by atomic mass is 9.91. The molecule has 5 rings (SSSR count). The van der Waals surface area contributed by atoms with Gasteiger partial charge in [-0.25, -0.2) is 0 Å². The molecule has 0 aromatic heterocycles. The smallest absolute Gasteiger partial charge is 0.146 e. The number of para-hydroxylation sites is 1. The van der Waals surface area contributed by atoms with Gasteiger partial charge in [-0.15, -0.1) is 0 Å². The molecule has 0 N–H and O–H groups in total. The van der Waals surface area contributed by atoms with Gasteiger partial charge in [-0.3, -0.25) is 0 Å². The van der Waals surface area contributed by atoms with E-state index in [4.69, 9.17) is 9.47 Å². The fourth-order valence-corrected chi connectivity index (χ4v) is 3.17. The van der Waals surface area contributed by atoms with Crippen LogP contribution in [0.3, 0.4) is 0 Å². The zero-order chi connectivity index (χ0) is 13.1. The van der Waals surface area contributed by atoms with Crippen LogP contribution in [-0.2, 0) is 6.42 Å². The second-order valence-electron chi connectivity index (χ2n) is 5.34. The highest BCUT2D eigenvalue weighted by molar-refractivity contribution is 5.85. The van der Waals surface area contributed by atoms with Crippen LogP contribution in [0.4, 0.5) is 0 Å². The molecule has 0 saturated carbocycles. The van der Waals surface area contributed by atoms with E-state index in [9.17, 15) is 0 Å². The van der Waals surface area contributed by atoms with Crippen molar-refractivity contribution in [1.29, 1.82) is 0 Å². The Kier molecular flexibility index (Phi) is 1.83. The number of hydrogen-bond donors (Lipinski definition) is 0.